The molecule has 0 saturated carbocycles. The van der Waals surface area contributed by atoms with Crippen molar-refractivity contribution in [2.45, 2.75) is 19.5 Å². The molecule has 1 aliphatic heterocycles. The lowest BCUT2D eigenvalue weighted by atomic mass is 10.2. The Morgan fingerprint density at radius 2 is 1.96 bits per heavy atom. The highest BCUT2D eigenvalue weighted by Gasteiger charge is 2.26. The molecule has 1 amide bonds. The number of hydrogen-bond donors (Lipinski definition) is 2. The second-order valence-corrected chi connectivity index (χ2v) is 7.02. The molecule has 128 valence electrons. The number of para-hydroxylation sites is 2. The van der Waals surface area contributed by atoms with Gasteiger partial charge in [-0.15, -0.1) is 11.3 Å². The van der Waals surface area contributed by atoms with E-state index in [1.165, 1.54) is 4.88 Å². The van der Waals surface area contributed by atoms with Crippen molar-refractivity contribution in [1.82, 2.24) is 10.2 Å². The van der Waals surface area contributed by atoms with Crippen LogP contribution in [0, 0.1) is 0 Å². The van der Waals surface area contributed by atoms with Gasteiger partial charge in [0, 0.05) is 31.1 Å². The molecule has 5 nitrogen and oxygen atoms in total. The van der Waals surface area contributed by atoms with Crippen LogP contribution in [-0.2, 0) is 11.3 Å². The standard InChI is InChI=1S/C18H23N3O2S/c1-14(18(23)19-13-15-5-4-12-24-15)20-8-10-21(11-9-20)16-6-2-3-7-17(16)22/h2-7,12,14,22H,8-11,13H2,1H3,(H,19,23)/t14-/m1/s1. The van der Waals surface area contributed by atoms with Crippen LogP contribution in [0.1, 0.15) is 11.8 Å². The quantitative estimate of drug-likeness (QED) is 0.873. The summed E-state index contributed by atoms with van der Waals surface area (Å²) in [5, 5.41) is 15.0. The monoisotopic (exact) mass is 345 g/mol. The summed E-state index contributed by atoms with van der Waals surface area (Å²) >= 11 is 1.65. The molecule has 1 saturated heterocycles. The van der Waals surface area contributed by atoms with E-state index < -0.39 is 0 Å². The molecular weight excluding hydrogens is 322 g/mol. The fourth-order valence-electron chi connectivity index (χ4n) is 2.98. The number of nitrogens with zero attached hydrogens (tertiary/aromatic N) is 2. The average molecular weight is 345 g/mol. The highest BCUT2D eigenvalue weighted by Crippen LogP contribution is 2.27. The molecule has 3 rings (SSSR count). The van der Waals surface area contributed by atoms with E-state index in [-0.39, 0.29) is 11.9 Å². The number of phenolic OH excluding ortho intramolecular Hbond substituents is 1. The molecule has 2 heterocycles. The van der Waals surface area contributed by atoms with Crippen LogP contribution >= 0.6 is 11.3 Å². The van der Waals surface area contributed by atoms with Crippen LogP contribution in [0.4, 0.5) is 5.69 Å². The molecule has 24 heavy (non-hydrogen) atoms. The van der Waals surface area contributed by atoms with Crippen molar-refractivity contribution in [3.8, 4) is 5.75 Å². The first-order chi connectivity index (χ1) is 11.6. The second-order valence-electron chi connectivity index (χ2n) is 5.98. The lowest BCUT2D eigenvalue weighted by Crippen LogP contribution is -2.53. The molecule has 1 atom stereocenters. The van der Waals surface area contributed by atoms with Crippen molar-refractivity contribution in [3.05, 3.63) is 46.7 Å². The van der Waals surface area contributed by atoms with Gasteiger partial charge < -0.3 is 15.3 Å². The van der Waals surface area contributed by atoms with E-state index >= 15 is 0 Å². The topological polar surface area (TPSA) is 55.8 Å². The summed E-state index contributed by atoms with van der Waals surface area (Å²) < 4.78 is 0. The van der Waals surface area contributed by atoms with Crippen LogP contribution in [0.15, 0.2) is 41.8 Å². The van der Waals surface area contributed by atoms with Gasteiger partial charge in [0.1, 0.15) is 5.75 Å². The van der Waals surface area contributed by atoms with Gasteiger partial charge in [-0.3, -0.25) is 9.69 Å². The summed E-state index contributed by atoms with van der Waals surface area (Å²) in [4.78, 5) is 17.9. The Morgan fingerprint density at radius 1 is 1.21 bits per heavy atom. The number of benzene rings is 1. The van der Waals surface area contributed by atoms with Crippen molar-refractivity contribution in [2.75, 3.05) is 31.1 Å². The van der Waals surface area contributed by atoms with E-state index in [2.05, 4.69) is 15.1 Å². The third kappa shape index (κ3) is 3.88. The maximum absolute atomic E-state index is 12.3. The molecule has 2 aromatic rings. The largest absolute Gasteiger partial charge is 0.506 e. The zero-order valence-corrected chi connectivity index (χ0v) is 14.6. The summed E-state index contributed by atoms with van der Waals surface area (Å²) in [6.45, 7) is 5.78. The molecule has 0 radical (unpaired) electrons. The first kappa shape index (κ1) is 16.8. The molecular formula is C18H23N3O2S. The number of rotatable bonds is 5. The van der Waals surface area contributed by atoms with Crippen molar-refractivity contribution in [1.29, 1.82) is 0 Å². The highest BCUT2D eigenvalue weighted by atomic mass is 32.1. The Kier molecular flexibility index (Phi) is 5.37. The Labute approximate surface area is 146 Å². The number of amides is 1. The summed E-state index contributed by atoms with van der Waals surface area (Å²) in [6.07, 6.45) is 0. The minimum atomic E-state index is -0.142. The van der Waals surface area contributed by atoms with Crippen molar-refractivity contribution < 1.29 is 9.90 Å². The summed E-state index contributed by atoms with van der Waals surface area (Å²) in [7, 11) is 0. The van der Waals surface area contributed by atoms with Crippen LogP contribution in [0.2, 0.25) is 0 Å². The maximum Gasteiger partial charge on any atom is 0.237 e. The number of anilines is 1. The highest BCUT2D eigenvalue weighted by molar-refractivity contribution is 7.09. The van der Waals surface area contributed by atoms with Gasteiger partial charge in [0.15, 0.2) is 0 Å². The molecule has 1 aromatic heterocycles. The van der Waals surface area contributed by atoms with E-state index in [0.717, 1.165) is 31.9 Å². The SMILES string of the molecule is C[C@H](C(=O)NCc1cccs1)N1CCN(c2ccccc2O)CC1. The molecule has 1 fully saturated rings. The number of thiophene rings is 1. The number of hydrogen-bond acceptors (Lipinski definition) is 5. The first-order valence-electron chi connectivity index (χ1n) is 8.22. The van der Waals surface area contributed by atoms with Gasteiger partial charge in [-0.2, -0.15) is 0 Å². The van der Waals surface area contributed by atoms with E-state index in [4.69, 9.17) is 0 Å². The van der Waals surface area contributed by atoms with Crippen LogP contribution in [0.25, 0.3) is 0 Å². The van der Waals surface area contributed by atoms with Gasteiger partial charge in [-0.25, -0.2) is 0 Å². The summed E-state index contributed by atoms with van der Waals surface area (Å²) in [6, 6.07) is 11.3. The minimum absolute atomic E-state index is 0.0689. The average Bonchev–Trinajstić information content (AvgIpc) is 3.13. The number of nitrogens with one attached hydrogen (secondary N) is 1. The molecule has 0 bridgehead atoms. The predicted octanol–water partition coefficient (Wildman–Crippen LogP) is 2.28. The number of phenols is 1. The first-order valence-corrected chi connectivity index (χ1v) is 9.10. The molecule has 2 N–H and O–H groups in total. The Balaban J connectivity index is 1.50. The van der Waals surface area contributed by atoms with Crippen molar-refractivity contribution in [2.24, 2.45) is 0 Å². The van der Waals surface area contributed by atoms with Gasteiger partial charge in [0.05, 0.1) is 18.3 Å². The van der Waals surface area contributed by atoms with Crippen LogP contribution in [0.5, 0.6) is 5.75 Å². The summed E-state index contributed by atoms with van der Waals surface area (Å²) in [5.41, 5.74) is 0.868. The number of piperazine rings is 1. The molecule has 0 unspecified atom stereocenters. The van der Waals surface area contributed by atoms with E-state index in [0.29, 0.717) is 12.3 Å². The maximum atomic E-state index is 12.3. The number of carbonyl (C=O) groups excluding carboxylic acids is 1. The van der Waals surface area contributed by atoms with Crippen molar-refractivity contribution >= 4 is 22.9 Å². The van der Waals surface area contributed by atoms with Crippen molar-refractivity contribution in [3.63, 3.8) is 0 Å². The third-order valence-corrected chi connectivity index (χ3v) is 5.36. The van der Waals surface area contributed by atoms with Gasteiger partial charge in [-0.1, -0.05) is 18.2 Å². The van der Waals surface area contributed by atoms with Crippen LogP contribution in [-0.4, -0.2) is 48.1 Å². The normalized spacial score (nSPS) is 16.8. The van der Waals surface area contributed by atoms with Gasteiger partial charge in [0.25, 0.3) is 0 Å². The third-order valence-electron chi connectivity index (χ3n) is 4.48. The van der Waals surface area contributed by atoms with Crippen LogP contribution < -0.4 is 10.2 Å². The zero-order chi connectivity index (χ0) is 16.9. The Bertz CT molecular complexity index is 667. The minimum Gasteiger partial charge on any atom is -0.506 e. The molecule has 6 heteroatoms. The second kappa shape index (κ2) is 7.68. The Morgan fingerprint density at radius 3 is 2.62 bits per heavy atom. The predicted molar refractivity (Wildman–Crippen MR) is 97.5 cm³/mol. The zero-order valence-electron chi connectivity index (χ0n) is 13.8. The summed E-state index contributed by atoms with van der Waals surface area (Å²) in [5.74, 6) is 0.382. The van der Waals surface area contributed by atoms with Gasteiger partial charge in [0.2, 0.25) is 5.91 Å². The lowest BCUT2D eigenvalue weighted by molar-refractivity contribution is -0.126. The van der Waals surface area contributed by atoms with Gasteiger partial charge in [-0.05, 0) is 30.5 Å². The van der Waals surface area contributed by atoms with Crippen LogP contribution in [0.3, 0.4) is 0 Å². The molecule has 0 spiro atoms. The molecule has 1 aromatic carbocycles. The molecule has 1 aliphatic rings. The van der Waals surface area contributed by atoms with E-state index in [1.54, 1.807) is 17.4 Å². The Hall–Kier alpha value is -2.05. The van der Waals surface area contributed by atoms with Gasteiger partial charge >= 0.3 is 0 Å². The smallest absolute Gasteiger partial charge is 0.237 e. The van der Waals surface area contributed by atoms with E-state index in [1.807, 2.05) is 42.6 Å². The lowest BCUT2D eigenvalue weighted by Gasteiger charge is -2.38. The fourth-order valence-corrected chi connectivity index (χ4v) is 3.63. The van der Waals surface area contributed by atoms with E-state index in [9.17, 15) is 9.90 Å². The fraction of sp³-hybridized carbons (Fsp3) is 0.389. The number of aromatic hydroxyl groups is 1. The number of carbonyl (C=O) groups is 1. The molecule has 0 aliphatic carbocycles.